The average molecular weight is 1140 g/mol. The number of hydrogen-bond donors (Lipinski definition) is 0. The van der Waals surface area contributed by atoms with Gasteiger partial charge in [0.15, 0.2) is 0 Å². The van der Waals surface area contributed by atoms with Gasteiger partial charge in [0.2, 0.25) is 0 Å². The van der Waals surface area contributed by atoms with E-state index in [0.717, 1.165) is 78.2 Å². The Morgan fingerprint density at radius 2 is 1.10 bits per heavy atom. The van der Waals surface area contributed by atoms with Gasteiger partial charge < -0.3 is 19.1 Å². The molecule has 0 atom stereocenters. The molecule has 1 aliphatic rings. The molecule has 0 fully saturated rings. The Labute approximate surface area is 450 Å². The van der Waals surface area contributed by atoms with Crippen molar-refractivity contribution in [2.45, 2.75) is 85.4 Å². The van der Waals surface area contributed by atoms with Gasteiger partial charge in [-0.1, -0.05) is 183 Å². The van der Waals surface area contributed by atoms with Crippen molar-refractivity contribution in [3.05, 3.63) is 223 Å². The smallest absolute Gasteiger partial charge is 0.135 e. The number of fused-ring (bicyclic) bond motifs is 4. The molecule has 1 aliphatic heterocycles. The minimum atomic E-state index is -2.25. The zero-order valence-corrected chi connectivity index (χ0v) is 45.2. The van der Waals surface area contributed by atoms with E-state index in [1.54, 1.807) is 12.1 Å². The first-order valence-corrected chi connectivity index (χ1v) is 24.9. The van der Waals surface area contributed by atoms with Crippen molar-refractivity contribution < 1.29 is 29.9 Å². The molecule has 0 spiro atoms. The van der Waals surface area contributed by atoms with Crippen molar-refractivity contribution in [2.75, 3.05) is 9.80 Å². The third-order valence-corrected chi connectivity index (χ3v) is 13.9. The number of benzene rings is 8. The van der Waals surface area contributed by atoms with E-state index in [0.29, 0.717) is 22.6 Å². The molecule has 3 heterocycles. The summed E-state index contributed by atoms with van der Waals surface area (Å²) in [5.41, 5.74) is 15.4. The van der Waals surface area contributed by atoms with E-state index in [1.165, 1.54) is 16.7 Å². The van der Waals surface area contributed by atoms with Crippen LogP contribution in [0.25, 0.3) is 61.0 Å². The maximum absolute atomic E-state index is 8.28. The molecule has 2 aromatic heterocycles. The number of rotatable bonds is 8. The first-order chi connectivity index (χ1) is 35.7. The van der Waals surface area contributed by atoms with Crippen molar-refractivity contribution in [1.82, 2.24) is 9.55 Å². The van der Waals surface area contributed by atoms with Gasteiger partial charge in [-0.25, -0.2) is 4.98 Å². The van der Waals surface area contributed by atoms with Crippen molar-refractivity contribution in [1.29, 1.82) is 0 Å². The predicted octanol–water partition coefficient (Wildman–Crippen LogP) is 18.2. The molecule has 0 bridgehead atoms. The Morgan fingerprint density at radius 3 is 1.79 bits per heavy atom. The number of aromatic nitrogens is 2. The van der Waals surface area contributed by atoms with Crippen molar-refractivity contribution in [3.8, 4) is 50.7 Å². The van der Waals surface area contributed by atoms with E-state index >= 15 is 0 Å². The molecule has 0 aliphatic carbocycles. The normalized spacial score (nSPS) is 13.6. The van der Waals surface area contributed by atoms with Crippen molar-refractivity contribution in [3.63, 3.8) is 0 Å². The van der Waals surface area contributed by atoms with Gasteiger partial charge in [0, 0.05) is 76.6 Å². The van der Waals surface area contributed by atoms with Gasteiger partial charge in [-0.05, 0) is 103 Å². The van der Waals surface area contributed by atoms with Crippen LogP contribution in [0, 0.1) is 25.7 Å². The molecule has 8 aromatic carbocycles. The van der Waals surface area contributed by atoms with Crippen LogP contribution in [-0.2, 0) is 37.3 Å². The minimum Gasteiger partial charge on any atom is -0.509 e. The summed E-state index contributed by atoms with van der Waals surface area (Å²) < 4.78 is 33.7. The molecular formula is C67H61N4OPt-3. The molecule has 73 heavy (non-hydrogen) atoms. The summed E-state index contributed by atoms with van der Waals surface area (Å²) in [6.07, 6.45) is 1.89. The molecule has 0 N–H and O–H groups in total. The van der Waals surface area contributed by atoms with Gasteiger partial charge >= 0.3 is 0 Å². The first kappa shape index (κ1) is 45.6. The van der Waals surface area contributed by atoms with Gasteiger partial charge in [0.1, 0.15) is 5.82 Å². The van der Waals surface area contributed by atoms with Crippen LogP contribution in [0.3, 0.4) is 0 Å². The fourth-order valence-electron chi connectivity index (χ4n) is 9.90. The molecule has 368 valence electrons. The largest absolute Gasteiger partial charge is 0.509 e. The van der Waals surface area contributed by atoms with Crippen LogP contribution in [0.4, 0.5) is 22.7 Å². The molecule has 0 saturated carbocycles. The monoisotopic (exact) mass is 1140 g/mol. The summed E-state index contributed by atoms with van der Waals surface area (Å²) in [5, 5.41) is 2.19. The van der Waals surface area contributed by atoms with Crippen LogP contribution in [0.15, 0.2) is 182 Å². The quantitative estimate of drug-likeness (QED) is 0.142. The van der Waals surface area contributed by atoms with Gasteiger partial charge in [0.05, 0.1) is 0 Å². The van der Waals surface area contributed by atoms with E-state index in [9.17, 15) is 0 Å². The number of pyridine rings is 1. The van der Waals surface area contributed by atoms with E-state index in [2.05, 4.69) is 217 Å². The number of anilines is 4. The van der Waals surface area contributed by atoms with Gasteiger partial charge in [-0.2, -0.15) is 12.1 Å². The van der Waals surface area contributed by atoms with E-state index < -0.39 is 6.85 Å². The third kappa shape index (κ3) is 9.41. The van der Waals surface area contributed by atoms with Crippen LogP contribution < -0.4 is 14.5 Å². The van der Waals surface area contributed by atoms with Crippen LogP contribution in [-0.4, -0.2) is 9.55 Å². The van der Waals surface area contributed by atoms with E-state index in [-0.39, 0.29) is 37.3 Å². The number of aryl methyl sites for hydroxylation is 1. The predicted molar refractivity (Wildman–Crippen MR) is 301 cm³/mol. The van der Waals surface area contributed by atoms with Crippen molar-refractivity contribution in [2.24, 2.45) is 0 Å². The van der Waals surface area contributed by atoms with E-state index in [1.807, 2.05) is 48.7 Å². The molecule has 0 radical (unpaired) electrons. The first-order valence-electron chi connectivity index (χ1n) is 26.4. The number of ether oxygens (including phenoxy) is 1. The molecule has 11 rings (SSSR count). The summed E-state index contributed by atoms with van der Waals surface area (Å²) in [6.45, 7) is 20.2. The standard InChI is InChI=1S/C67H61N4O.Pt/c1-44-19-11-12-22-54(44)45-29-31-46(32-30-45)55-24-18-25-56(47-37-49(66(5,6)7)39-50(38-47)67(8,9)10)64(55)70-43-69(60-27-15-16-28-61(60)70)51-20-17-21-52(41-51)72-53-33-34-58-57-23-13-14-26-59(57)71(62(58)42-53)63-40-48(35-36-68-63)65(2,3)4;/h11-40,43H,1-10H3;/q-3;/i1D3;. The minimum absolute atomic E-state index is 0. The number of nitrogens with zero attached hydrogens (tertiary/aromatic N) is 4. The summed E-state index contributed by atoms with van der Waals surface area (Å²) in [6, 6.07) is 67.8. The fraction of sp³-hybridized carbons (Fsp3) is 0.194. The number of hydrogen-bond acceptors (Lipinski definition) is 4. The van der Waals surface area contributed by atoms with Gasteiger partial charge in [-0.15, -0.1) is 48.1 Å². The zero-order chi connectivity index (χ0) is 52.6. The molecule has 5 nitrogen and oxygen atoms in total. The molecule has 0 amide bonds. The molecule has 0 saturated heterocycles. The maximum Gasteiger partial charge on any atom is 0.135 e. The Kier molecular flexibility index (Phi) is 11.9. The summed E-state index contributed by atoms with van der Waals surface area (Å²) in [7, 11) is 0. The van der Waals surface area contributed by atoms with E-state index in [4.69, 9.17) is 13.8 Å². The van der Waals surface area contributed by atoms with Crippen molar-refractivity contribution >= 4 is 44.6 Å². The number of para-hydroxylation sites is 4. The van der Waals surface area contributed by atoms with Crippen LogP contribution in [0.1, 0.15) is 88.7 Å². The average Bonchev–Trinajstić information content (AvgIpc) is 3.94. The molecule has 0 unspecified atom stereocenters. The second-order valence-corrected chi connectivity index (χ2v) is 22.1. The molecule has 6 heteroatoms. The Bertz CT molecular complexity index is 3770. The topological polar surface area (TPSA) is 33.5 Å². The second-order valence-electron chi connectivity index (χ2n) is 22.1. The SMILES string of the molecule is [2H]C([2H])([2H])c1ccccc1-c1ccc(-c2cccc(-c3cc(C(C)(C)C)cc(C(C)(C)C)c3)c2N2[CH-]N(c3[c-]c(Oc4[c-]c5c(cc4)c4ccccc4n5-c4cc(C(C)(C)C)ccn4)ccc3)c3ccccc32)cc1.[Pt]. The Balaban J connectivity index is 0.00000657. The summed E-state index contributed by atoms with van der Waals surface area (Å²) >= 11 is 0. The molecule has 10 aromatic rings. The Morgan fingerprint density at radius 1 is 0.507 bits per heavy atom. The zero-order valence-electron chi connectivity index (χ0n) is 45.9. The van der Waals surface area contributed by atoms with Gasteiger partial charge in [-0.3, -0.25) is 0 Å². The third-order valence-electron chi connectivity index (χ3n) is 13.9. The van der Waals surface area contributed by atoms with Gasteiger partial charge in [0.25, 0.3) is 0 Å². The van der Waals surface area contributed by atoms with Crippen LogP contribution >= 0.6 is 0 Å². The summed E-state index contributed by atoms with van der Waals surface area (Å²) in [4.78, 5) is 9.37. The second kappa shape index (κ2) is 19.0. The van der Waals surface area contributed by atoms with Crippen LogP contribution in [0.2, 0.25) is 0 Å². The molecular weight excluding hydrogens is 1070 g/mol. The maximum atomic E-state index is 8.28. The van der Waals surface area contributed by atoms with Crippen LogP contribution in [0.5, 0.6) is 11.5 Å². The fourth-order valence-corrected chi connectivity index (χ4v) is 9.90. The Hall–Kier alpha value is -7.20. The summed E-state index contributed by atoms with van der Waals surface area (Å²) in [5.74, 6) is 1.95.